The molecule has 0 aromatic heterocycles. The van der Waals surface area contributed by atoms with E-state index in [0.29, 0.717) is 19.4 Å². The van der Waals surface area contributed by atoms with Crippen LogP contribution in [-0.2, 0) is 14.3 Å². The third-order valence-corrected chi connectivity index (χ3v) is 17.3. The number of rotatable bonds is 69. The monoisotopic (exact) mass is 1110 g/mol. The third kappa shape index (κ3) is 65.6. The highest BCUT2D eigenvalue weighted by Gasteiger charge is 2.18. The van der Waals surface area contributed by atoms with Gasteiger partial charge in [0.05, 0.1) is 25.4 Å². The summed E-state index contributed by atoms with van der Waals surface area (Å²) in [5.74, 6) is -0.0355. The smallest absolute Gasteiger partial charge is 0.305 e. The Kier molecular flexibility index (Phi) is 67.9. The molecule has 0 aromatic carbocycles. The molecule has 0 heterocycles. The van der Waals surface area contributed by atoms with E-state index in [0.717, 1.165) is 38.5 Å². The van der Waals surface area contributed by atoms with Gasteiger partial charge in [0.1, 0.15) is 0 Å². The number of carbonyl (C=O) groups excluding carboxylic acids is 2. The van der Waals surface area contributed by atoms with Gasteiger partial charge in [0.15, 0.2) is 0 Å². The van der Waals surface area contributed by atoms with Gasteiger partial charge in [0.2, 0.25) is 5.91 Å². The molecule has 0 radical (unpaired) electrons. The van der Waals surface area contributed by atoms with Crippen molar-refractivity contribution in [3.05, 3.63) is 12.2 Å². The van der Waals surface area contributed by atoms with Crippen LogP contribution >= 0.6 is 0 Å². The van der Waals surface area contributed by atoms with E-state index in [9.17, 15) is 19.8 Å². The molecule has 0 aliphatic heterocycles. The lowest BCUT2D eigenvalue weighted by molar-refractivity contribution is -0.143. The number of esters is 1. The van der Waals surface area contributed by atoms with Crippen LogP contribution in [0.4, 0.5) is 0 Å². The van der Waals surface area contributed by atoms with E-state index < -0.39 is 12.1 Å². The van der Waals surface area contributed by atoms with E-state index in [1.807, 2.05) is 6.08 Å². The van der Waals surface area contributed by atoms with Gasteiger partial charge in [0, 0.05) is 12.8 Å². The van der Waals surface area contributed by atoms with E-state index in [1.165, 1.54) is 353 Å². The zero-order chi connectivity index (χ0) is 57.1. The average Bonchev–Trinajstić information content (AvgIpc) is 3.45. The largest absolute Gasteiger partial charge is 0.466 e. The summed E-state index contributed by atoms with van der Waals surface area (Å²) in [6.07, 6.45) is 86.1. The van der Waals surface area contributed by atoms with Crippen molar-refractivity contribution in [3.63, 3.8) is 0 Å². The number of amides is 1. The molecule has 0 fully saturated rings. The second-order valence-electron chi connectivity index (χ2n) is 25.3. The van der Waals surface area contributed by atoms with Gasteiger partial charge >= 0.3 is 5.97 Å². The lowest BCUT2D eigenvalue weighted by Crippen LogP contribution is -2.45. The highest BCUT2D eigenvalue weighted by molar-refractivity contribution is 5.76. The van der Waals surface area contributed by atoms with E-state index in [1.54, 1.807) is 6.08 Å². The van der Waals surface area contributed by atoms with Crippen molar-refractivity contribution < 1.29 is 24.5 Å². The number of nitrogens with one attached hydrogen (secondary N) is 1. The number of unbranched alkanes of at least 4 members (excludes halogenated alkanes) is 58. The second-order valence-corrected chi connectivity index (χ2v) is 25.3. The van der Waals surface area contributed by atoms with Crippen LogP contribution < -0.4 is 5.32 Å². The van der Waals surface area contributed by atoms with Crippen LogP contribution in [-0.4, -0.2) is 47.4 Å². The van der Waals surface area contributed by atoms with Gasteiger partial charge < -0.3 is 20.3 Å². The quantitative estimate of drug-likeness (QED) is 0.0320. The molecule has 2 unspecified atom stereocenters. The van der Waals surface area contributed by atoms with Crippen LogP contribution in [0.3, 0.4) is 0 Å². The Labute approximate surface area is 495 Å². The molecule has 0 spiro atoms. The van der Waals surface area contributed by atoms with Crippen molar-refractivity contribution in [2.45, 2.75) is 431 Å². The maximum absolute atomic E-state index is 12.5. The highest BCUT2D eigenvalue weighted by atomic mass is 16.5. The van der Waals surface area contributed by atoms with E-state index in [-0.39, 0.29) is 18.5 Å². The van der Waals surface area contributed by atoms with Crippen molar-refractivity contribution in [2.75, 3.05) is 13.2 Å². The van der Waals surface area contributed by atoms with E-state index >= 15 is 0 Å². The Morgan fingerprint density at radius 2 is 0.582 bits per heavy atom. The maximum atomic E-state index is 12.5. The number of hydrogen-bond donors (Lipinski definition) is 3. The van der Waals surface area contributed by atoms with Crippen LogP contribution in [0.2, 0.25) is 0 Å². The normalized spacial score (nSPS) is 12.5. The molecular weight excluding hydrogens is 971 g/mol. The SMILES string of the molecule is CCCCCCCCCCCCC/C=C/C(O)C(CO)NC(=O)CCCCCCCCCCCCCCCCCCCCCCCCCCCCCCCCCCCCCCCOC(=O)CCCCCCCCCCCCCC. The summed E-state index contributed by atoms with van der Waals surface area (Å²) in [7, 11) is 0. The Morgan fingerprint density at radius 3 is 0.861 bits per heavy atom. The van der Waals surface area contributed by atoms with Crippen LogP contribution in [0.1, 0.15) is 418 Å². The molecule has 79 heavy (non-hydrogen) atoms. The molecule has 0 bridgehead atoms. The molecule has 0 aromatic rings. The van der Waals surface area contributed by atoms with Crippen LogP contribution in [0.5, 0.6) is 0 Å². The maximum Gasteiger partial charge on any atom is 0.305 e. The number of carbonyl (C=O) groups is 2. The summed E-state index contributed by atoms with van der Waals surface area (Å²) in [5, 5.41) is 23.1. The van der Waals surface area contributed by atoms with Gasteiger partial charge in [-0.2, -0.15) is 0 Å². The molecule has 0 aliphatic rings. The molecule has 6 nitrogen and oxygen atoms in total. The standard InChI is InChI=1S/C73H143NO5/c1-3-5-7-9-11-13-15-42-45-49-53-57-61-65-71(76)70(69-75)74-72(77)66-62-58-54-50-46-43-40-38-36-34-32-30-28-26-24-22-20-18-17-19-21-23-25-27-29-31-33-35-37-39-41-44-48-52-56-60-64-68-79-73(78)67-63-59-55-51-47-16-14-12-10-8-6-4-2/h61,65,70-71,75-76H,3-60,62-64,66-69H2,1-2H3,(H,74,77)/b65-61+. The number of ether oxygens (including phenoxy) is 1. The van der Waals surface area contributed by atoms with Gasteiger partial charge in [-0.05, 0) is 32.1 Å². The van der Waals surface area contributed by atoms with Crippen LogP contribution in [0.25, 0.3) is 0 Å². The second kappa shape index (κ2) is 69.1. The Hall–Kier alpha value is -1.40. The minimum atomic E-state index is -0.839. The first-order chi connectivity index (χ1) is 39.0. The molecule has 0 saturated carbocycles. The molecule has 470 valence electrons. The number of allylic oxidation sites excluding steroid dienone is 1. The van der Waals surface area contributed by atoms with E-state index in [2.05, 4.69) is 19.2 Å². The van der Waals surface area contributed by atoms with Crippen molar-refractivity contribution in [2.24, 2.45) is 0 Å². The van der Waals surface area contributed by atoms with Gasteiger partial charge in [0.25, 0.3) is 0 Å². The summed E-state index contributed by atoms with van der Waals surface area (Å²) < 4.78 is 5.49. The van der Waals surface area contributed by atoms with Crippen molar-refractivity contribution in [3.8, 4) is 0 Å². The fourth-order valence-corrected chi connectivity index (χ4v) is 11.8. The summed E-state index contributed by atoms with van der Waals surface area (Å²) >= 11 is 0. The summed E-state index contributed by atoms with van der Waals surface area (Å²) in [6.45, 7) is 4.94. The fraction of sp³-hybridized carbons (Fsp3) is 0.945. The van der Waals surface area contributed by atoms with Gasteiger partial charge in [-0.3, -0.25) is 9.59 Å². The molecule has 2 atom stereocenters. The summed E-state index contributed by atoms with van der Waals surface area (Å²) in [6, 6.07) is -0.622. The fourth-order valence-electron chi connectivity index (χ4n) is 11.8. The first kappa shape index (κ1) is 77.6. The summed E-state index contributed by atoms with van der Waals surface area (Å²) in [5.41, 5.74) is 0. The molecule has 1 amide bonds. The van der Waals surface area contributed by atoms with Crippen molar-refractivity contribution in [1.82, 2.24) is 5.32 Å². The van der Waals surface area contributed by atoms with Gasteiger partial charge in [-0.15, -0.1) is 0 Å². The Balaban J connectivity index is 3.29. The molecule has 3 N–H and O–H groups in total. The lowest BCUT2D eigenvalue weighted by Gasteiger charge is -2.20. The van der Waals surface area contributed by atoms with Gasteiger partial charge in [-0.1, -0.05) is 386 Å². The number of hydrogen-bond acceptors (Lipinski definition) is 5. The van der Waals surface area contributed by atoms with E-state index in [4.69, 9.17) is 4.74 Å². The zero-order valence-corrected chi connectivity index (χ0v) is 53.9. The first-order valence-electron chi connectivity index (χ1n) is 36.5. The third-order valence-electron chi connectivity index (χ3n) is 17.3. The molecule has 6 heteroatoms. The average molecular weight is 1110 g/mol. The molecular formula is C73H143NO5. The number of aliphatic hydroxyl groups excluding tert-OH is 2. The van der Waals surface area contributed by atoms with Crippen molar-refractivity contribution in [1.29, 1.82) is 0 Å². The lowest BCUT2D eigenvalue weighted by atomic mass is 10.0. The minimum absolute atomic E-state index is 0.0246. The molecule has 0 aliphatic carbocycles. The number of aliphatic hydroxyl groups is 2. The topological polar surface area (TPSA) is 95.9 Å². The van der Waals surface area contributed by atoms with Crippen LogP contribution in [0.15, 0.2) is 12.2 Å². The predicted octanol–water partition coefficient (Wildman–Crippen LogP) is 23.5. The zero-order valence-electron chi connectivity index (χ0n) is 53.9. The first-order valence-corrected chi connectivity index (χ1v) is 36.5. The Morgan fingerprint density at radius 1 is 0.342 bits per heavy atom. The minimum Gasteiger partial charge on any atom is -0.466 e. The predicted molar refractivity (Wildman–Crippen MR) is 347 cm³/mol. The summed E-state index contributed by atoms with van der Waals surface area (Å²) in [4.78, 5) is 24.5. The van der Waals surface area contributed by atoms with Gasteiger partial charge in [-0.25, -0.2) is 0 Å². The van der Waals surface area contributed by atoms with Crippen molar-refractivity contribution >= 4 is 11.9 Å². The molecule has 0 saturated heterocycles. The molecule has 0 rings (SSSR count). The highest BCUT2D eigenvalue weighted by Crippen LogP contribution is 2.20. The Bertz CT molecular complexity index is 1190. The van der Waals surface area contributed by atoms with Crippen LogP contribution in [0, 0.1) is 0 Å².